The second-order valence-corrected chi connectivity index (χ2v) is 7.16. The minimum Gasteiger partial charge on any atom is -0.497 e. The molecule has 1 aromatic carbocycles. The second-order valence-electron chi connectivity index (χ2n) is 7.16. The number of anilines is 1. The van der Waals surface area contributed by atoms with Crippen LogP contribution in [0.15, 0.2) is 54.7 Å². The van der Waals surface area contributed by atoms with Gasteiger partial charge in [-0.05, 0) is 43.2 Å². The molecule has 0 spiro atoms. The van der Waals surface area contributed by atoms with Crippen LogP contribution in [0, 0.1) is 0 Å². The molecule has 3 aromatic rings. The maximum atomic E-state index is 12.3. The molecule has 4 rings (SSSR count). The zero-order valence-electron chi connectivity index (χ0n) is 16.5. The largest absolute Gasteiger partial charge is 0.497 e. The van der Waals surface area contributed by atoms with E-state index in [1.165, 1.54) is 12.8 Å². The number of carbonyl (C=O) groups excluding carboxylic acids is 1. The van der Waals surface area contributed by atoms with Gasteiger partial charge in [-0.25, -0.2) is 4.79 Å². The van der Waals surface area contributed by atoms with Crippen molar-refractivity contribution in [3.63, 3.8) is 0 Å². The van der Waals surface area contributed by atoms with E-state index in [0.717, 1.165) is 29.9 Å². The lowest BCUT2D eigenvalue weighted by atomic mass is 10.2. The predicted octanol–water partition coefficient (Wildman–Crippen LogP) is 4.39. The highest BCUT2D eigenvalue weighted by atomic mass is 16.5. The molecular weight excluding hydrogens is 366 g/mol. The maximum absolute atomic E-state index is 12.3. The van der Waals surface area contributed by atoms with E-state index in [9.17, 15) is 4.79 Å². The fourth-order valence-electron chi connectivity index (χ4n) is 3.71. The van der Waals surface area contributed by atoms with Crippen molar-refractivity contribution >= 4 is 11.7 Å². The number of hydrogen-bond acceptors (Lipinski definition) is 4. The van der Waals surface area contributed by atoms with Crippen molar-refractivity contribution in [2.75, 3.05) is 12.4 Å². The number of rotatable bonds is 6. The third-order valence-electron chi connectivity index (χ3n) is 5.14. The van der Waals surface area contributed by atoms with Gasteiger partial charge in [0.05, 0.1) is 36.8 Å². The maximum Gasteiger partial charge on any atom is 0.319 e. The van der Waals surface area contributed by atoms with E-state index < -0.39 is 0 Å². The number of nitrogens with one attached hydrogen (secondary N) is 2. The summed E-state index contributed by atoms with van der Waals surface area (Å²) in [6, 6.07) is 15.3. The van der Waals surface area contributed by atoms with Crippen molar-refractivity contribution < 1.29 is 9.53 Å². The number of carbonyl (C=O) groups is 1. The lowest BCUT2D eigenvalue weighted by Gasteiger charge is -2.13. The first-order chi connectivity index (χ1) is 14.2. The molecule has 29 heavy (non-hydrogen) atoms. The smallest absolute Gasteiger partial charge is 0.319 e. The Labute approximate surface area is 170 Å². The van der Waals surface area contributed by atoms with Crippen LogP contribution in [0.2, 0.25) is 0 Å². The highest BCUT2D eigenvalue weighted by Gasteiger charge is 2.22. The highest BCUT2D eigenvalue weighted by molar-refractivity contribution is 5.89. The van der Waals surface area contributed by atoms with Crippen molar-refractivity contribution in [3.8, 4) is 17.1 Å². The summed E-state index contributed by atoms with van der Waals surface area (Å²) in [5.41, 5.74) is 3.40. The minimum atomic E-state index is -0.284. The van der Waals surface area contributed by atoms with Crippen molar-refractivity contribution in [1.82, 2.24) is 20.1 Å². The van der Waals surface area contributed by atoms with Crippen molar-refractivity contribution in [3.05, 3.63) is 60.4 Å². The quantitative estimate of drug-likeness (QED) is 0.653. The zero-order chi connectivity index (χ0) is 20.1. The van der Waals surface area contributed by atoms with E-state index in [0.29, 0.717) is 24.0 Å². The molecule has 7 nitrogen and oxygen atoms in total. The Kier molecular flexibility index (Phi) is 5.74. The molecule has 1 saturated carbocycles. The van der Waals surface area contributed by atoms with E-state index in [1.54, 1.807) is 19.4 Å². The topological polar surface area (TPSA) is 81.1 Å². The summed E-state index contributed by atoms with van der Waals surface area (Å²) >= 11 is 0. The van der Waals surface area contributed by atoms with Crippen LogP contribution in [0.4, 0.5) is 10.5 Å². The van der Waals surface area contributed by atoms with Gasteiger partial charge in [-0.2, -0.15) is 5.10 Å². The van der Waals surface area contributed by atoms with Crippen molar-refractivity contribution in [1.29, 1.82) is 0 Å². The van der Waals surface area contributed by atoms with Gasteiger partial charge < -0.3 is 15.4 Å². The Hall–Kier alpha value is -3.35. The van der Waals surface area contributed by atoms with Crippen LogP contribution in [0.1, 0.15) is 37.4 Å². The average molecular weight is 391 g/mol. The van der Waals surface area contributed by atoms with Gasteiger partial charge >= 0.3 is 6.03 Å². The zero-order valence-corrected chi connectivity index (χ0v) is 16.5. The van der Waals surface area contributed by atoms with Crippen LogP contribution in [0.5, 0.6) is 5.75 Å². The summed E-state index contributed by atoms with van der Waals surface area (Å²) in [6.45, 7) is 0.343. The Morgan fingerprint density at radius 2 is 2.03 bits per heavy atom. The first-order valence-electron chi connectivity index (χ1n) is 9.91. The van der Waals surface area contributed by atoms with Crippen molar-refractivity contribution in [2.45, 2.75) is 38.3 Å². The van der Waals surface area contributed by atoms with Gasteiger partial charge in [0.15, 0.2) is 0 Å². The third-order valence-corrected chi connectivity index (χ3v) is 5.14. The number of aromatic nitrogens is 3. The molecule has 2 amide bonds. The molecular formula is C22H25N5O2. The van der Waals surface area contributed by atoms with Gasteiger partial charge in [-0.1, -0.05) is 25.0 Å². The molecule has 0 aliphatic heterocycles. The standard InChI is InChI=1S/C22H25N5O2/c1-29-19-10-6-7-16(13-19)25-22(28)24-15-17-14-21(20-11-4-5-12-23-20)27(26-17)18-8-2-3-9-18/h4-7,10-14,18H,2-3,8-9,15H2,1H3,(H2,24,25,28). The Balaban J connectivity index is 1.46. The summed E-state index contributed by atoms with van der Waals surface area (Å²) in [4.78, 5) is 16.8. The minimum absolute atomic E-state index is 0.284. The third kappa shape index (κ3) is 4.56. The van der Waals surface area contributed by atoms with Crippen LogP contribution in [0.25, 0.3) is 11.4 Å². The lowest BCUT2D eigenvalue weighted by molar-refractivity contribution is 0.251. The first kappa shape index (κ1) is 19.0. The van der Waals surface area contributed by atoms with Crippen molar-refractivity contribution in [2.24, 2.45) is 0 Å². The van der Waals surface area contributed by atoms with E-state index in [4.69, 9.17) is 9.84 Å². The molecule has 7 heteroatoms. The number of hydrogen-bond donors (Lipinski definition) is 2. The summed E-state index contributed by atoms with van der Waals surface area (Å²) in [5.74, 6) is 0.693. The Bertz CT molecular complexity index is 964. The van der Waals surface area contributed by atoms with Crippen LogP contribution >= 0.6 is 0 Å². The molecule has 0 atom stereocenters. The Morgan fingerprint density at radius 3 is 2.79 bits per heavy atom. The molecule has 0 radical (unpaired) electrons. The molecule has 2 aromatic heterocycles. The normalized spacial score (nSPS) is 14.0. The fraction of sp³-hybridized carbons (Fsp3) is 0.318. The molecule has 2 heterocycles. The van der Waals surface area contributed by atoms with E-state index in [1.807, 2.05) is 42.5 Å². The van der Waals surface area contributed by atoms with Crippen LogP contribution in [-0.4, -0.2) is 27.9 Å². The van der Waals surface area contributed by atoms with E-state index >= 15 is 0 Å². The summed E-state index contributed by atoms with van der Waals surface area (Å²) in [6.07, 6.45) is 6.50. The monoisotopic (exact) mass is 391 g/mol. The van der Waals surface area contributed by atoms with Gasteiger partial charge in [0, 0.05) is 18.0 Å². The van der Waals surface area contributed by atoms with Crippen LogP contribution in [-0.2, 0) is 6.54 Å². The SMILES string of the molecule is COc1cccc(NC(=O)NCc2cc(-c3ccccn3)n(C3CCCC3)n2)c1. The summed E-state index contributed by atoms with van der Waals surface area (Å²) < 4.78 is 7.27. The molecule has 1 fully saturated rings. The lowest BCUT2D eigenvalue weighted by Crippen LogP contribution is -2.28. The molecule has 0 saturated heterocycles. The Morgan fingerprint density at radius 1 is 1.17 bits per heavy atom. The molecule has 150 valence electrons. The number of pyridine rings is 1. The summed E-state index contributed by atoms with van der Waals surface area (Å²) in [5, 5.41) is 10.5. The van der Waals surface area contributed by atoms with Gasteiger partial charge in [0.25, 0.3) is 0 Å². The second kappa shape index (κ2) is 8.77. The van der Waals surface area contributed by atoms with E-state index in [2.05, 4.69) is 20.3 Å². The average Bonchev–Trinajstić information content (AvgIpc) is 3.43. The van der Waals surface area contributed by atoms with Crippen LogP contribution in [0.3, 0.4) is 0 Å². The highest BCUT2D eigenvalue weighted by Crippen LogP contribution is 2.33. The van der Waals surface area contributed by atoms with E-state index in [-0.39, 0.29) is 6.03 Å². The van der Waals surface area contributed by atoms with Crippen LogP contribution < -0.4 is 15.4 Å². The molecule has 1 aliphatic rings. The first-order valence-corrected chi connectivity index (χ1v) is 9.91. The number of nitrogens with zero attached hydrogens (tertiary/aromatic N) is 3. The van der Waals surface area contributed by atoms with Gasteiger partial charge in [-0.3, -0.25) is 9.67 Å². The van der Waals surface area contributed by atoms with Gasteiger partial charge in [0.1, 0.15) is 5.75 Å². The fourth-order valence-corrected chi connectivity index (χ4v) is 3.71. The summed E-state index contributed by atoms with van der Waals surface area (Å²) in [7, 11) is 1.60. The molecule has 0 bridgehead atoms. The predicted molar refractivity (Wildman–Crippen MR) is 112 cm³/mol. The van der Waals surface area contributed by atoms with Gasteiger partial charge in [0.2, 0.25) is 0 Å². The molecule has 2 N–H and O–H groups in total. The number of ether oxygens (including phenoxy) is 1. The molecule has 1 aliphatic carbocycles. The number of benzene rings is 1. The van der Waals surface area contributed by atoms with Gasteiger partial charge in [-0.15, -0.1) is 0 Å². The number of methoxy groups -OCH3 is 1. The number of urea groups is 1. The number of amides is 2. The molecule has 0 unspecified atom stereocenters.